The lowest BCUT2D eigenvalue weighted by Crippen LogP contribution is -2.51. The molecule has 1 saturated heterocycles. The molecule has 0 spiro atoms. The molecule has 2 fully saturated rings. The van der Waals surface area contributed by atoms with Crippen LogP contribution < -0.4 is 0 Å². The number of benzene rings is 1. The number of fused-ring (bicyclic) bond motifs is 2. The SMILES string of the molecule is CC1C(=O)CC2CC1OOC2(C)/C=C/c1cc(C#N)cc(C#N)c1. The highest BCUT2D eigenvalue weighted by Gasteiger charge is 2.48. The summed E-state index contributed by atoms with van der Waals surface area (Å²) < 4.78 is 0. The largest absolute Gasteiger partial charge is 0.299 e. The van der Waals surface area contributed by atoms with Gasteiger partial charge in [0.15, 0.2) is 0 Å². The molecule has 0 radical (unpaired) electrons. The quantitative estimate of drug-likeness (QED) is 0.781. The van der Waals surface area contributed by atoms with Gasteiger partial charge >= 0.3 is 0 Å². The molecule has 4 unspecified atom stereocenters. The maximum atomic E-state index is 12.1. The molecule has 4 atom stereocenters. The lowest BCUT2D eigenvalue weighted by atomic mass is 9.71. The highest BCUT2D eigenvalue weighted by atomic mass is 17.2. The zero-order valence-corrected chi connectivity index (χ0v) is 13.7. The van der Waals surface area contributed by atoms with E-state index in [0.29, 0.717) is 17.5 Å². The molecule has 122 valence electrons. The van der Waals surface area contributed by atoms with Gasteiger partial charge in [0.05, 0.1) is 23.3 Å². The minimum absolute atomic E-state index is 0.0609. The molecule has 1 heterocycles. The van der Waals surface area contributed by atoms with Crippen molar-refractivity contribution in [1.29, 1.82) is 10.5 Å². The first-order valence-electron chi connectivity index (χ1n) is 7.97. The summed E-state index contributed by atoms with van der Waals surface area (Å²) in [5.74, 6) is 0.142. The minimum Gasteiger partial charge on any atom is -0.299 e. The Hall–Kier alpha value is -2.47. The molecule has 2 bridgehead atoms. The molecular weight excluding hydrogens is 304 g/mol. The van der Waals surface area contributed by atoms with Crippen LogP contribution in [0.5, 0.6) is 0 Å². The Kier molecular flexibility index (Phi) is 4.24. The van der Waals surface area contributed by atoms with E-state index in [9.17, 15) is 4.79 Å². The average molecular weight is 322 g/mol. The molecule has 1 saturated carbocycles. The van der Waals surface area contributed by atoms with Crippen LogP contribution in [0.4, 0.5) is 0 Å². The average Bonchev–Trinajstić information content (AvgIpc) is 2.60. The fourth-order valence-corrected chi connectivity index (χ4v) is 3.30. The molecule has 1 aromatic rings. The molecule has 5 nitrogen and oxygen atoms in total. The summed E-state index contributed by atoms with van der Waals surface area (Å²) in [5, 5.41) is 18.1. The monoisotopic (exact) mass is 322 g/mol. The first-order chi connectivity index (χ1) is 11.4. The van der Waals surface area contributed by atoms with Gasteiger partial charge in [-0.3, -0.25) is 4.79 Å². The highest BCUT2D eigenvalue weighted by Crippen LogP contribution is 2.43. The maximum Gasteiger partial charge on any atom is 0.138 e. The number of ketones is 1. The molecule has 2 aliphatic rings. The van der Waals surface area contributed by atoms with Gasteiger partial charge in [0, 0.05) is 18.3 Å². The fraction of sp³-hybridized carbons (Fsp3) is 0.421. The Morgan fingerprint density at radius 2 is 1.92 bits per heavy atom. The summed E-state index contributed by atoms with van der Waals surface area (Å²) in [5.41, 5.74) is 0.901. The second kappa shape index (κ2) is 6.20. The Morgan fingerprint density at radius 3 is 2.54 bits per heavy atom. The predicted molar refractivity (Wildman–Crippen MR) is 86.2 cm³/mol. The van der Waals surface area contributed by atoms with Crippen LogP contribution in [0.25, 0.3) is 6.08 Å². The zero-order valence-electron chi connectivity index (χ0n) is 13.7. The van der Waals surface area contributed by atoms with Crippen LogP contribution in [0.3, 0.4) is 0 Å². The van der Waals surface area contributed by atoms with Crippen LogP contribution in [0.15, 0.2) is 24.3 Å². The van der Waals surface area contributed by atoms with Crippen molar-refractivity contribution in [1.82, 2.24) is 0 Å². The van der Waals surface area contributed by atoms with Crippen molar-refractivity contribution in [3.8, 4) is 12.1 Å². The Labute approximate surface area is 141 Å². The second-order valence-corrected chi connectivity index (χ2v) is 6.69. The van der Waals surface area contributed by atoms with Gasteiger partial charge in [0.1, 0.15) is 17.5 Å². The number of carbonyl (C=O) groups is 1. The van der Waals surface area contributed by atoms with Crippen molar-refractivity contribution in [2.75, 3.05) is 0 Å². The summed E-state index contributed by atoms with van der Waals surface area (Å²) in [6.07, 6.45) is 4.76. The number of hydrogen-bond acceptors (Lipinski definition) is 5. The van der Waals surface area contributed by atoms with E-state index >= 15 is 0 Å². The van der Waals surface area contributed by atoms with E-state index in [2.05, 4.69) is 0 Å². The third-order valence-corrected chi connectivity index (χ3v) is 5.01. The molecule has 1 aliphatic carbocycles. The van der Waals surface area contributed by atoms with Crippen LogP contribution in [0, 0.1) is 34.5 Å². The first kappa shape index (κ1) is 16.4. The van der Waals surface area contributed by atoms with E-state index < -0.39 is 5.60 Å². The van der Waals surface area contributed by atoms with Crippen LogP contribution in [0.2, 0.25) is 0 Å². The van der Waals surface area contributed by atoms with Crippen LogP contribution in [0.1, 0.15) is 43.4 Å². The van der Waals surface area contributed by atoms with E-state index in [1.165, 1.54) is 0 Å². The number of carbonyl (C=O) groups excluding carboxylic acids is 1. The smallest absolute Gasteiger partial charge is 0.138 e. The van der Waals surface area contributed by atoms with Crippen LogP contribution in [-0.4, -0.2) is 17.5 Å². The van der Waals surface area contributed by atoms with E-state index in [0.717, 1.165) is 12.0 Å². The molecule has 1 aliphatic heterocycles. The molecular formula is C19H18N2O3. The van der Waals surface area contributed by atoms with E-state index in [1.54, 1.807) is 18.2 Å². The van der Waals surface area contributed by atoms with Gasteiger partial charge in [0.25, 0.3) is 0 Å². The molecule has 0 N–H and O–H groups in total. The number of Topliss-reactive ketones (excluding diaryl/α,β-unsaturated/α-hetero) is 1. The van der Waals surface area contributed by atoms with E-state index in [-0.39, 0.29) is 23.7 Å². The standard InChI is InChI=1S/C19H18N2O3/c1-12-17(22)8-16-9-18(12)23-24-19(16,2)4-3-13-5-14(10-20)7-15(6-13)11-21/h3-7,12,16,18H,8-9H2,1-2H3/b4-3+. The molecule has 5 heteroatoms. The van der Waals surface area contributed by atoms with Gasteiger partial charge < -0.3 is 0 Å². The number of nitrogens with zero attached hydrogens (tertiary/aromatic N) is 2. The second-order valence-electron chi connectivity index (χ2n) is 6.69. The third-order valence-electron chi connectivity index (χ3n) is 5.01. The summed E-state index contributed by atoms with van der Waals surface area (Å²) in [6, 6.07) is 9.06. The van der Waals surface area contributed by atoms with Crippen LogP contribution >= 0.6 is 0 Å². The van der Waals surface area contributed by atoms with Crippen molar-refractivity contribution < 1.29 is 14.6 Å². The van der Waals surface area contributed by atoms with E-state index in [1.807, 2.05) is 38.1 Å². The number of rotatable bonds is 2. The van der Waals surface area contributed by atoms with Gasteiger partial charge in [-0.2, -0.15) is 10.5 Å². The van der Waals surface area contributed by atoms with Gasteiger partial charge in [-0.25, -0.2) is 9.78 Å². The number of hydrogen-bond donors (Lipinski definition) is 0. The zero-order chi connectivity index (χ0) is 17.3. The normalized spacial score (nSPS) is 32.3. The summed E-state index contributed by atoms with van der Waals surface area (Å²) in [4.78, 5) is 23.2. The summed E-state index contributed by atoms with van der Waals surface area (Å²) in [7, 11) is 0. The summed E-state index contributed by atoms with van der Waals surface area (Å²) >= 11 is 0. The van der Waals surface area contributed by atoms with Crippen molar-refractivity contribution >= 4 is 11.9 Å². The third kappa shape index (κ3) is 2.97. The highest BCUT2D eigenvalue weighted by molar-refractivity contribution is 5.82. The van der Waals surface area contributed by atoms with Gasteiger partial charge in [-0.15, -0.1) is 0 Å². The van der Waals surface area contributed by atoms with E-state index in [4.69, 9.17) is 20.3 Å². The predicted octanol–water partition coefficient (Wildman–Crippen LogP) is 3.15. The lowest BCUT2D eigenvalue weighted by molar-refractivity contribution is -0.415. The van der Waals surface area contributed by atoms with Gasteiger partial charge in [-0.05, 0) is 43.2 Å². The van der Waals surface area contributed by atoms with Crippen LogP contribution in [-0.2, 0) is 14.6 Å². The topological polar surface area (TPSA) is 83.1 Å². The van der Waals surface area contributed by atoms with Crippen molar-refractivity contribution in [3.05, 3.63) is 41.0 Å². The summed E-state index contributed by atoms with van der Waals surface area (Å²) in [6.45, 7) is 3.77. The molecule has 3 rings (SSSR count). The number of nitriles is 2. The molecule has 0 amide bonds. The van der Waals surface area contributed by atoms with Crippen molar-refractivity contribution in [2.45, 2.75) is 38.4 Å². The molecule has 0 aromatic heterocycles. The minimum atomic E-state index is -0.707. The first-order valence-corrected chi connectivity index (χ1v) is 7.97. The molecule has 24 heavy (non-hydrogen) atoms. The Morgan fingerprint density at radius 1 is 1.25 bits per heavy atom. The Balaban J connectivity index is 1.85. The lowest BCUT2D eigenvalue weighted by Gasteiger charge is -2.45. The fourth-order valence-electron chi connectivity index (χ4n) is 3.30. The molecule has 1 aromatic carbocycles. The van der Waals surface area contributed by atoms with Crippen molar-refractivity contribution in [2.24, 2.45) is 11.8 Å². The maximum absolute atomic E-state index is 12.1. The van der Waals surface area contributed by atoms with Crippen molar-refractivity contribution in [3.63, 3.8) is 0 Å². The Bertz CT molecular complexity index is 755. The van der Waals surface area contributed by atoms with Gasteiger partial charge in [0.2, 0.25) is 0 Å². The van der Waals surface area contributed by atoms with Gasteiger partial charge in [-0.1, -0.05) is 13.0 Å².